The van der Waals surface area contributed by atoms with Crippen LogP contribution in [0.5, 0.6) is 0 Å². The number of aliphatic hydroxyl groups is 1. The lowest BCUT2D eigenvalue weighted by molar-refractivity contribution is 0.0767. The third-order valence-electron chi connectivity index (χ3n) is 3.28. The van der Waals surface area contributed by atoms with Crippen molar-refractivity contribution in [1.82, 2.24) is 9.80 Å². The van der Waals surface area contributed by atoms with Crippen molar-refractivity contribution in [3.05, 3.63) is 35.4 Å². The molecule has 19 heavy (non-hydrogen) atoms. The number of likely N-dealkylation sites (N-methyl/N-ethyl adjacent to an activating group) is 1. The molecule has 0 atom stereocenters. The largest absolute Gasteiger partial charge is 0.395 e. The van der Waals surface area contributed by atoms with Crippen LogP contribution in [0.25, 0.3) is 0 Å². The van der Waals surface area contributed by atoms with Crippen molar-refractivity contribution in [2.45, 2.75) is 20.4 Å². The summed E-state index contributed by atoms with van der Waals surface area (Å²) in [5, 5.41) is 8.83. The van der Waals surface area contributed by atoms with Crippen LogP contribution in [0.2, 0.25) is 0 Å². The second-order valence-corrected chi connectivity index (χ2v) is 4.61. The Hall–Kier alpha value is -1.39. The van der Waals surface area contributed by atoms with Gasteiger partial charge in [-0.15, -0.1) is 0 Å². The molecule has 0 aliphatic rings. The van der Waals surface area contributed by atoms with Gasteiger partial charge < -0.3 is 10.0 Å². The van der Waals surface area contributed by atoms with Crippen molar-refractivity contribution >= 4 is 5.91 Å². The van der Waals surface area contributed by atoms with Gasteiger partial charge >= 0.3 is 0 Å². The summed E-state index contributed by atoms with van der Waals surface area (Å²) in [5.74, 6) is -0.0524. The standard InChI is InChI=1S/C15H24N2O2/c1-4-17(5-2)12-13-6-8-14(9-7-13)15(19)16(3)10-11-18/h6-9,18H,4-5,10-12H2,1-3H3. The highest BCUT2D eigenvalue weighted by Gasteiger charge is 2.10. The highest BCUT2D eigenvalue weighted by atomic mass is 16.3. The van der Waals surface area contributed by atoms with Crippen molar-refractivity contribution in [3.8, 4) is 0 Å². The van der Waals surface area contributed by atoms with Crippen LogP contribution in [0.3, 0.4) is 0 Å². The molecule has 1 aromatic carbocycles. The normalized spacial score (nSPS) is 10.8. The Kier molecular flexibility index (Phi) is 6.53. The van der Waals surface area contributed by atoms with Gasteiger partial charge in [0, 0.05) is 25.7 Å². The van der Waals surface area contributed by atoms with Gasteiger partial charge in [-0.2, -0.15) is 0 Å². The highest BCUT2D eigenvalue weighted by molar-refractivity contribution is 5.94. The molecule has 106 valence electrons. The molecular weight excluding hydrogens is 240 g/mol. The summed E-state index contributed by atoms with van der Waals surface area (Å²) < 4.78 is 0. The van der Waals surface area contributed by atoms with E-state index in [4.69, 9.17) is 5.11 Å². The quantitative estimate of drug-likeness (QED) is 0.813. The van der Waals surface area contributed by atoms with E-state index in [2.05, 4.69) is 18.7 Å². The molecule has 0 unspecified atom stereocenters. The number of carbonyl (C=O) groups excluding carboxylic acids is 1. The summed E-state index contributed by atoms with van der Waals surface area (Å²) in [7, 11) is 1.70. The van der Waals surface area contributed by atoms with E-state index in [0.717, 1.165) is 19.6 Å². The van der Waals surface area contributed by atoms with Gasteiger partial charge in [-0.05, 0) is 30.8 Å². The van der Waals surface area contributed by atoms with Crippen molar-refractivity contribution in [3.63, 3.8) is 0 Å². The molecule has 0 spiro atoms. The predicted molar refractivity (Wildman–Crippen MR) is 77.1 cm³/mol. The van der Waals surface area contributed by atoms with Crippen molar-refractivity contribution in [2.24, 2.45) is 0 Å². The minimum atomic E-state index is -0.0524. The lowest BCUT2D eigenvalue weighted by atomic mass is 10.1. The highest BCUT2D eigenvalue weighted by Crippen LogP contribution is 2.09. The third-order valence-corrected chi connectivity index (χ3v) is 3.28. The number of hydrogen-bond donors (Lipinski definition) is 1. The van der Waals surface area contributed by atoms with Crippen LogP contribution in [-0.4, -0.2) is 54.1 Å². The van der Waals surface area contributed by atoms with E-state index in [1.807, 2.05) is 24.3 Å². The van der Waals surface area contributed by atoms with Gasteiger partial charge in [0.25, 0.3) is 5.91 Å². The minimum Gasteiger partial charge on any atom is -0.395 e. The molecule has 0 aliphatic carbocycles. The third kappa shape index (κ3) is 4.65. The smallest absolute Gasteiger partial charge is 0.253 e. The monoisotopic (exact) mass is 264 g/mol. The number of benzene rings is 1. The average Bonchev–Trinajstić information content (AvgIpc) is 2.45. The van der Waals surface area contributed by atoms with Crippen LogP contribution in [0, 0.1) is 0 Å². The molecule has 0 aliphatic heterocycles. The van der Waals surface area contributed by atoms with E-state index in [1.54, 1.807) is 7.05 Å². The molecule has 0 saturated carbocycles. The van der Waals surface area contributed by atoms with Crippen molar-refractivity contribution in [2.75, 3.05) is 33.3 Å². The maximum atomic E-state index is 12.0. The van der Waals surface area contributed by atoms with E-state index in [9.17, 15) is 4.79 Å². The second kappa shape index (κ2) is 7.92. The number of aliphatic hydroxyl groups excluding tert-OH is 1. The Balaban J connectivity index is 2.68. The van der Waals surface area contributed by atoms with Gasteiger partial charge in [-0.1, -0.05) is 26.0 Å². The number of nitrogens with zero attached hydrogens (tertiary/aromatic N) is 2. The van der Waals surface area contributed by atoms with E-state index >= 15 is 0 Å². The maximum Gasteiger partial charge on any atom is 0.253 e. The zero-order chi connectivity index (χ0) is 14.3. The number of hydrogen-bond acceptors (Lipinski definition) is 3. The molecule has 0 heterocycles. The van der Waals surface area contributed by atoms with Crippen LogP contribution < -0.4 is 0 Å². The van der Waals surface area contributed by atoms with Crippen LogP contribution >= 0.6 is 0 Å². The fourth-order valence-corrected chi connectivity index (χ4v) is 1.93. The first-order valence-corrected chi connectivity index (χ1v) is 6.80. The molecule has 4 nitrogen and oxygen atoms in total. The lowest BCUT2D eigenvalue weighted by Gasteiger charge is -2.19. The summed E-state index contributed by atoms with van der Waals surface area (Å²) in [6.45, 7) is 7.60. The van der Waals surface area contributed by atoms with Crippen LogP contribution in [-0.2, 0) is 6.54 Å². The predicted octanol–water partition coefficient (Wildman–Crippen LogP) is 1.59. The SMILES string of the molecule is CCN(CC)Cc1ccc(C(=O)N(C)CCO)cc1. The van der Waals surface area contributed by atoms with Crippen LogP contribution in [0.15, 0.2) is 24.3 Å². The van der Waals surface area contributed by atoms with Gasteiger partial charge in [0.2, 0.25) is 0 Å². The van der Waals surface area contributed by atoms with Gasteiger partial charge in [-0.25, -0.2) is 0 Å². The van der Waals surface area contributed by atoms with Gasteiger partial charge in [0.05, 0.1) is 6.61 Å². The summed E-state index contributed by atoms with van der Waals surface area (Å²) in [4.78, 5) is 15.8. The molecule has 0 saturated heterocycles. The summed E-state index contributed by atoms with van der Waals surface area (Å²) in [6.07, 6.45) is 0. The summed E-state index contributed by atoms with van der Waals surface area (Å²) >= 11 is 0. The first-order valence-electron chi connectivity index (χ1n) is 6.80. The molecule has 0 radical (unpaired) electrons. The Morgan fingerprint density at radius 1 is 1.16 bits per heavy atom. The van der Waals surface area contributed by atoms with Gasteiger partial charge in [0.15, 0.2) is 0 Å². The molecule has 0 bridgehead atoms. The van der Waals surface area contributed by atoms with E-state index < -0.39 is 0 Å². The van der Waals surface area contributed by atoms with Crippen molar-refractivity contribution < 1.29 is 9.90 Å². The Morgan fingerprint density at radius 2 is 1.74 bits per heavy atom. The molecule has 1 rings (SSSR count). The van der Waals surface area contributed by atoms with E-state index in [-0.39, 0.29) is 12.5 Å². The van der Waals surface area contributed by atoms with Crippen LogP contribution in [0.4, 0.5) is 0 Å². The second-order valence-electron chi connectivity index (χ2n) is 4.61. The lowest BCUT2D eigenvalue weighted by Crippen LogP contribution is -2.29. The fourth-order valence-electron chi connectivity index (χ4n) is 1.93. The fraction of sp³-hybridized carbons (Fsp3) is 0.533. The molecule has 0 fully saturated rings. The number of amides is 1. The Morgan fingerprint density at radius 3 is 2.21 bits per heavy atom. The topological polar surface area (TPSA) is 43.8 Å². The molecule has 1 amide bonds. The average molecular weight is 264 g/mol. The first kappa shape index (κ1) is 15.7. The summed E-state index contributed by atoms with van der Waals surface area (Å²) in [5.41, 5.74) is 1.88. The number of carbonyl (C=O) groups is 1. The molecule has 0 aromatic heterocycles. The van der Waals surface area contributed by atoms with E-state index in [1.165, 1.54) is 10.5 Å². The van der Waals surface area contributed by atoms with Crippen molar-refractivity contribution in [1.29, 1.82) is 0 Å². The first-order chi connectivity index (χ1) is 9.12. The zero-order valence-electron chi connectivity index (χ0n) is 12.1. The van der Waals surface area contributed by atoms with Crippen LogP contribution in [0.1, 0.15) is 29.8 Å². The molecular formula is C15H24N2O2. The molecule has 4 heteroatoms. The summed E-state index contributed by atoms with van der Waals surface area (Å²) in [6, 6.07) is 7.71. The van der Waals surface area contributed by atoms with E-state index in [0.29, 0.717) is 12.1 Å². The molecule has 1 aromatic rings. The maximum absolute atomic E-state index is 12.0. The Bertz CT molecular complexity index is 386. The molecule has 1 N–H and O–H groups in total. The van der Waals surface area contributed by atoms with Gasteiger partial charge in [-0.3, -0.25) is 9.69 Å². The van der Waals surface area contributed by atoms with Gasteiger partial charge in [0.1, 0.15) is 0 Å². The number of rotatable bonds is 7. The Labute approximate surface area is 115 Å². The minimum absolute atomic E-state index is 0.0116. The zero-order valence-corrected chi connectivity index (χ0v) is 12.1.